The molecule has 1 aliphatic carbocycles. The van der Waals surface area contributed by atoms with Gasteiger partial charge in [-0.3, -0.25) is 19.3 Å². The van der Waals surface area contributed by atoms with Crippen LogP contribution in [0.4, 0.5) is 5.69 Å². The molecule has 0 bridgehead atoms. The van der Waals surface area contributed by atoms with Crippen LogP contribution < -0.4 is 21.3 Å². The number of carbonyl (C=O) groups is 2. The Morgan fingerprint density at radius 1 is 1.34 bits per heavy atom. The summed E-state index contributed by atoms with van der Waals surface area (Å²) in [5.74, 6) is 0.00393. The van der Waals surface area contributed by atoms with Crippen LogP contribution in [0.3, 0.4) is 0 Å². The number of nitrogens with zero attached hydrogens (tertiary/aromatic N) is 2. The zero-order valence-electron chi connectivity index (χ0n) is 18.5. The zero-order valence-corrected chi connectivity index (χ0v) is 19.3. The summed E-state index contributed by atoms with van der Waals surface area (Å²) in [6.07, 6.45) is 7.90. The van der Waals surface area contributed by atoms with E-state index in [-0.39, 0.29) is 23.9 Å². The molecule has 32 heavy (non-hydrogen) atoms. The first-order valence-corrected chi connectivity index (χ1v) is 12.6. The second kappa shape index (κ2) is 12.4. The second-order valence-electron chi connectivity index (χ2n) is 8.22. The standard InChI is InChI=1S/C21H33N5O5S/c1-16(22)23-11-5-9-18(14-27)24-20(28)13-26-12-6-10-19(21(26)29)25-32(30,31)15-17-7-3-2-4-8-17/h6,10,12,14,17-18,25H,2-5,7-9,11,13,15H2,1H3,(H2,22,23)(H,24,28)/t18-/m0/s1. The van der Waals surface area contributed by atoms with Crippen LogP contribution in [0, 0.1) is 5.92 Å². The average molecular weight is 468 g/mol. The summed E-state index contributed by atoms with van der Waals surface area (Å²) < 4.78 is 28.5. The number of sulfonamides is 1. The first kappa shape index (κ1) is 25.6. The molecule has 2 rings (SSSR count). The molecule has 1 aromatic heterocycles. The maximum absolute atomic E-state index is 12.7. The number of aldehydes is 1. The van der Waals surface area contributed by atoms with E-state index in [0.29, 0.717) is 31.5 Å². The van der Waals surface area contributed by atoms with Crippen molar-refractivity contribution in [2.24, 2.45) is 16.6 Å². The van der Waals surface area contributed by atoms with E-state index in [9.17, 15) is 22.8 Å². The molecule has 1 heterocycles. The number of nitrogens with two attached hydrogens (primary N) is 1. The van der Waals surface area contributed by atoms with Crippen LogP contribution in [0.2, 0.25) is 0 Å². The third kappa shape index (κ3) is 8.81. The Kier molecular flexibility index (Phi) is 9.89. The van der Waals surface area contributed by atoms with Gasteiger partial charge in [-0.2, -0.15) is 0 Å². The first-order chi connectivity index (χ1) is 15.2. The molecule has 10 nitrogen and oxygen atoms in total. The lowest BCUT2D eigenvalue weighted by Crippen LogP contribution is -2.40. The quantitative estimate of drug-likeness (QED) is 0.180. The number of anilines is 1. The van der Waals surface area contributed by atoms with E-state index >= 15 is 0 Å². The molecular weight excluding hydrogens is 434 g/mol. The molecule has 0 unspecified atom stereocenters. The van der Waals surface area contributed by atoms with E-state index in [1.807, 2.05) is 0 Å². The Hall–Kier alpha value is -2.69. The van der Waals surface area contributed by atoms with E-state index in [0.717, 1.165) is 36.7 Å². The second-order valence-corrected chi connectivity index (χ2v) is 9.98. The minimum atomic E-state index is -3.67. The number of hydrogen-bond donors (Lipinski definition) is 3. The molecule has 1 saturated carbocycles. The van der Waals surface area contributed by atoms with Crippen LogP contribution in [0.5, 0.6) is 0 Å². The lowest BCUT2D eigenvalue weighted by atomic mass is 9.91. The lowest BCUT2D eigenvalue weighted by molar-refractivity contribution is -0.124. The topological polar surface area (TPSA) is 153 Å². The van der Waals surface area contributed by atoms with Gasteiger partial charge in [0, 0.05) is 12.7 Å². The highest BCUT2D eigenvalue weighted by Crippen LogP contribution is 2.25. The lowest BCUT2D eigenvalue weighted by Gasteiger charge is -2.21. The molecule has 1 amide bonds. The van der Waals surface area contributed by atoms with Gasteiger partial charge in [0.1, 0.15) is 18.5 Å². The number of aliphatic imine (C=N–C) groups is 1. The Morgan fingerprint density at radius 2 is 2.06 bits per heavy atom. The molecule has 0 aliphatic heterocycles. The van der Waals surface area contributed by atoms with Crippen LogP contribution in [-0.2, 0) is 26.2 Å². The minimum absolute atomic E-state index is 0.0173. The van der Waals surface area contributed by atoms with Gasteiger partial charge in [0.2, 0.25) is 15.9 Å². The van der Waals surface area contributed by atoms with E-state index in [2.05, 4.69) is 15.0 Å². The SMILES string of the molecule is CC(N)=NCCC[C@@H](C=O)NC(=O)Cn1cccc(NS(=O)(=O)CC2CCCCC2)c1=O. The smallest absolute Gasteiger partial charge is 0.275 e. The Bertz CT molecular complexity index is 963. The fourth-order valence-corrected chi connectivity index (χ4v) is 5.29. The zero-order chi connectivity index (χ0) is 23.6. The van der Waals surface area contributed by atoms with Crippen LogP contribution in [-0.4, -0.2) is 49.4 Å². The van der Waals surface area contributed by atoms with Crippen molar-refractivity contribution in [3.63, 3.8) is 0 Å². The Morgan fingerprint density at radius 3 is 2.72 bits per heavy atom. The van der Waals surface area contributed by atoms with Gasteiger partial charge in [-0.1, -0.05) is 19.3 Å². The minimum Gasteiger partial charge on any atom is -0.388 e. The monoisotopic (exact) mass is 467 g/mol. The number of carbonyl (C=O) groups excluding carboxylic acids is 2. The third-order valence-corrected chi connectivity index (χ3v) is 6.77. The largest absolute Gasteiger partial charge is 0.388 e. The number of amides is 1. The van der Waals surface area contributed by atoms with Gasteiger partial charge >= 0.3 is 0 Å². The Balaban J connectivity index is 1.95. The summed E-state index contributed by atoms with van der Waals surface area (Å²) in [4.78, 5) is 40.3. The molecule has 1 atom stereocenters. The summed E-state index contributed by atoms with van der Waals surface area (Å²) in [5.41, 5.74) is 4.74. The van der Waals surface area contributed by atoms with Gasteiger partial charge in [0.15, 0.2) is 0 Å². The van der Waals surface area contributed by atoms with Gasteiger partial charge in [0.25, 0.3) is 5.56 Å². The molecule has 0 saturated heterocycles. The molecule has 0 radical (unpaired) electrons. The van der Waals surface area contributed by atoms with Crippen LogP contribution in [0.1, 0.15) is 51.9 Å². The normalized spacial score (nSPS) is 16.3. The number of nitrogens with one attached hydrogen (secondary N) is 2. The number of amidine groups is 1. The van der Waals surface area contributed by atoms with Gasteiger partial charge in [-0.25, -0.2) is 8.42 Å². The maximum atomic E-state index is 12.7. The van der Waals surface area contributed by atoms with Crippen molar-refractivity contribution in [1.29, 1.82) is 0 Å². The predicted octanol–water partition coefficient (Wildman–Crippen LogP) is 1.01. The van der Waals surface area contributed by atoms with E-state index in [1.54, 1.807) is 6.92 Å². The van der Waals surface area contributed by atoms with Gasteiger partial charge in [-0.15, -0.1) is 0 Å². The summed E-state index contributed by atoms with van der Waals surface area (Å²) in [6.45, 7) is 1.79. The molecule has 0 aromatic carbocycles. The highest BCUT2D eigenvalue weighted by molar-refractivity contribution is 7.92. The molecule has 1 aliphatic rings. The van der Waals surface area contributed by atoms with Crippen LogP contribution >= 0.6 is 0 Å². The van der Waals surface area contributed by atoms with Crippen molar-refractivity contribution in [2.45, 2.75) is 64.5 Å². The molecule has 1 fully saturated rings. The van der Waals surface area contributed by atoms with E-state index in [4.69, 9.17) is 5.73 Å². The summed E-state index contributed by atoms with van der Waals surface area (Å²) in [6, 6.07) is 2.17. The van der Waals surface area contributed by atoms with Crippen LogP contribution in [0.25, 0.3) is 0 Å². The predicted molar refractivity (Wildman–Crippen MR) is 124 cm³/mol. The van der Waals surface area contributed by atoms with Gasteiger partial charge in [0.05, 0.1) is 17.6 Å². The van der Waals surface area contributed by atoms with Crippen molar-refractivity contribution in [3.05, 3.63) is 28.7 Å². The highest BCUT2D eigenvalue weighted by atomic mass is 32.2. The highest BCUT2D eigenvalue weighted by Gasteiger charge is 2.22. The molecule has 11 heteroatoms. The van der Waals surface area contributed by atoms with Crippen molar-refractivity contribution < 1.29 is 18.0 Å². The van der Waals surface area contributed by atoms with E-state index < -0.39 is 27.5 Å². The summed E-state index contributed by atoms with van der Waals surface area (Å²) >= 11 is 0. The third-order valence-electron chi connectivity index (χ3n) is 5.32. The molecule has 178 valence electrons. The van der Waals surface area contributed by atoms with Crippen molar-refractivity contribution in [2.75, 3.05) is 17.0 Å². The molecule has 4 N–H and O–H groups in total. The number of rotatable bonds is 12. The maximum Gasteiger partial charge on any atom is 0.275 e. The average Bonchev–Trinajstić information content (AvgIpc) is 2.73. The van der Waals surface area contributed by atoms with Crippen molar-refractivity contribution >= 4 is 33.7 Å². The summed E-state index contributed by atoms with van der Waals surface area (Å²) in [5, 5.41) is 2.57. The van der Waals surface area contributed by atoms with E-state index in [1.165, 1.54) is 18.3 Å². The molecular formula is C21H33N5O5S. The van der Waals surface area contributed by atoms with Crippen molar-refractivity contribution in [1.82, 2.24) is 9.88 Å². The first-order valence-electron chi connectivity index (χ1n) is 10.9. The fourth-order valence-electron chi connectivity index (χ4n) is 3.76. The Labute approximate surface area is 188 Å². The van der Waals surface area contributed by atoms with Crippen LogP contribution in [0.15, 0.2) is 28.1 Å². The van der Waals surface area contributed by atoms with Gasteiger partial charge in [-0.05, 0) is 50.7 Å². The summed E-state index contributed by atoms with van der Waals surface area (Å²) in [7, 11) is -3.67. The van der Waals surface area contributed by atoms with Crippen molar-refractivity contribution in [3.8, 4) is 0 Å². The molecule has 1 aromatic rings. The molecule has 0 spiro atoms. The number of pyridine rings is 1. The number of aromatic nitrogens is 1. The fraction of sp³-hybridized carbons (Fsp3) is 0.619. The van der Waals surface area contributed by atoms with Gasteiger partial charge < -0.3 is 20.4 Å². The number of hydrogen-bond acceptors (Lipinski definition) is 6.